The van der Waals surface area contributed by atoms with Crippen LogP contribution >= 0.6 is 15.9 Å². The lowest BCUT2D eigenvalue weighted by molar-refractivity contribution is -0.120. The number of hydrogen-bond acceptors (Lipinski definition) is 2. The third-order valence-corrected chi connectivity index (χ3v) is 3.97. The largest absolute Gasteiger partial charge is 0.352 e. The van der Waals surface area contributed by atoms with Crippen LogP contribution in [-0.4, -0.2) is 35.8 Å². The molecule has 20 heavy (non-hydrogen) atoms. The number of halogens is 2. The first-order valence-corrected chi connectivity index (χ1v) is 7.28. The fourth-order valence-corrected chi connectivity index (χ4v) is 2.81. The van der Waals surface area contributed by atoms with E-state index >= 15 is 0 Å². The van der Waals surface area contributed by atoms with Gasteiger partial charge in [-0.05, 0) is 47.0 Å². The minimum atomic E-state index is -0.438. The monoisotopic (exact) mass is 342 g/mol. The molecule has 1 aliphatic rings. The second-order valence-electron chi connectivity index (χ2n) is 4.92. The molecule has 6 heteroatoms. The van der Waals surface area contributed by atoms with Gasteiger partial charge in [0.1, 0.15) is 5.82 Å². The summed E-state index contributed by atoms with van der Waals surface area (Å²) in [5.74, 6) is -0.755. The molecule has 108 valence electrons. The summed E-state index contributed by atoms with van der Waals surface area (Å²) in [7, 11) is 0. The molecule has 1 N–H and O–H groups in total. The topological polar surface area (TPSA) is 49.4 Å². The summed E-state index contributed by atoms with van der Waals surface area (Å²) in [5, 5.41) is 2.83. The molecule has 4 nitrogen and oxygen atoms in total. The van der Waals surface area contributed by atoms with E-state index in [0.29, 0.717) is 23.1 Å². The van der Waals surface area contributed by atoms with Crippen LogP contribution in [0.15, 0.2) is 22.7 Å². The molecule has 1 atom stereocenters. The second-order valence-corrected chi connectivity index (χ2v) is 5.77. The van der Waals surface area contributed by atoms with Crippen molar-refractivity contribution >= 4 is 27.7 Å². The van der Waals surface area contributed by atoms with Gasteiger partial charge in [-0.25, -0.2) is 4.39 Å². The average Bonchev–Trinajstić information content (AvgIpc) is 2.40. The van der Waals surface area contributed by atoms with Crippen molar-refractivity contribution in [1.82, 2.24) is 10.2 Å². The van der Waals surface area contributed by atoms with Gasteiger partial charge in [0.25, 0.3) is 5.91 Å². The van der Waals surface area contributed by atoms with Crippen molar-refractivity contribution in [2.45, 2.75) is 25.8 Å². The van der Waals surface area contributed by atoms with Crippen LogP contribution < -0.4 is 5.32 Å². The third-order valence-electron chi connectivity index (χ3n) is 3.27. The van der Waals surface area contributed by atoms with Gasteiger partial charge in [-0.15, -0.1) is 0 Å². The van der Waals surface area contributed by atoms with Crippen molar-refractivity contribution in [3.8, 4) is 0 Å². The zero-order valence-corrected chi connectivity index (χ0v) is 12.7. The van der Waals surface area contributed by atoms with Gasteiger partial charge in [0.15, 0.2) is 0 Å². The van der Waals surface area contributed by atoms with Gasteiger partial charge in [0, 0.05) is 30.5 Å². The van der Waals surface area contributed by atoms with Crippen LogP contribution in [0, 0.1) is 5.82 Å². The van der Waals surface area contributed by atoms with E-state index in [4.69, 9.17) is 0 Å². The van der Waals surface area contributed by atoms with Crippen molar-refractivity contribution < 1.29 is 14.0 Å². The Kier molecular flexibility index (Phi) is 4.75. The minimum Gasteiger partial charge on any atom is -0.352 e. The summed E-state index contributed by atoms with van der Waals surface area (Å²) >= 11 is 3.27. The number of nitrogens with one attached hydrogen (secondary N) is 1. The molecule has 1 unspecified atom stereocenters. The Morgan fingerprint density at radius 3 is 2.90 bits per heavy atom. The fourth-order valence-electron chi connectivity index (χ4n) is 2.40. The lowest BCUT2D eigenvalue weighted by atomic mass is 10.0. The average molecular weight is 343 g/mol. The van der Waals surface area contributed by atoms with E-state index in [1.807, 2.05) is 0 Å². The van der Waals surface area contributed by atoms with Gasteiger partial charge < -0.3 is 10.2 Å². The molecule has 0 radical (unpaired) electrons. The van der Waals surface area contributed by atoms with E-state index in [1.54, 1.807) is 4.90 Å². The van der Waals surface area contributed by atoms with E-state index in [2.05, 4.69) is 21.2 Å². The molecule has 2 amide bonds. The molecule has 0 saturated carbocycles. The quantitative estimate of drug-likeness (QED) is 0.896. The summed E-state index contributed by atoms with van der Waals surface area (Å²) < 4.78 is 13.8. The van der Waals surface area contributed by atoms with Gasteiger partial charge in [-0.3, -0.25) is 9.59 Å². The summed E-state index contributed by atoms with van der Waals surface area (Å²) in [6.45, 7) is 2.54. The first-order chi connectivity index (χ1) is 9.47. The fraction of sp³-hybridized carbons (Fsp3) is 0.429. The SMILES string of the molecule is CC(=O)NC1CCCN(C(=O)c2cc(F)ccc2Br)C1. The number of nitrogens with zero attached hydrogens (tertiary/aromatic N) is 1. The molecule has 1 heterocycles. The van der Waals surface area contributed by atoms with Crippen LogP contribution in [0.2, 0.25) is 0 Å². The number of benzene rings is 1. The van der Waals surface area contributed by atoms with Crippen LogP contribution in [0.1, 0.15) is 30.1 Å². The summed E-state index contributed by atoms with van der Waals surface area (Å²) in [5.41, 5.74) is 0.313. The highest BCUT2D eigenvalue weighted by Crippen LogP contribution is 2.21. The predicted molar refractivity (Wildman–Crippen MR) is 76.8 cm³/mol. The maximum atomic E-state index is 13.3. The molecule has 0 aromatic heterocycles. The Balaban J connectivity index is 2.12. The first kappa shape index (κ1) is 15.0. The Hall–Kier alpha value is -1.43. The molecule has 0 spiro atoms. The Labute approximate surface area is 125 Å². The van der Waals surface area contributed by atoms with Gasteiger partial charge in [-0.2, -0.15) is 0 Å². The van der Waals surface area contributed by atoms with Crippen molar-refractivity contribution in [3.05, 3.63) is 34.1 Å². The number of likely N-dealkylation sites (tertiary alicyclic amines) is 1. The molecular formula is C14H16BrFN2O2. The first-order valence-electron chi connectivity index (χ1n) is 6.49. The number of piperidine rings is 1. The lowest BCUT2D eigenvalue weighted by Crippen LogP contribution is -2.49. The highest BCUT2D eigenvalue weighted by molar-refractivity contribution is 9.10. The summed E-state index contributed by atoms with van der Waals surface area (Å²) in [6.07, 6.45) is 1.68. The molecule has 2 rings (SSSR count). The van der Waals surface area contributed by atoms with Gasteiger partial charge in [-0.1, -0.05) is 0 Å². The van der Waals surface area contributed by atoms with E-state index in [0.717, 1.165) is 12.8 Å². The summed E-state index contributed by atoms with van der Waals surface area (Å²) in [4.78, 5) is 25.2. The van der Waals surface area contributed by atoms with Gasteiger partial charge in [0.2, 0.25) is 5.91 Å². The predicted octanol–water partition coefficient (Wildman–Crippen LogP) is 2.33. The number of amides is 2. The van der Waals surface area contributed by atoms with E-state index in [1.165, 1.54) is 25.1 Å². The van der Waals surface area contributed by atoms with Gasteiger partial charge in [0.05, 0.1) is 5.56 Å². The highest BCUT2D eigenvalue weighted by atomic mass is 79.9. The molecule has 0 aliphatic carbocycles. The molecule has 1 aromatic carbocycles. The molecule has 0 bridgehead atoms. The number of carbonyl (C=O) groups is 2. The van der Waals surface area contributed by atoms with Crippen LogP contribution in [0.25, 0.3) is 0 Å². The standard InChI is InChI=1S/C14H16BrFN2O2/c1-9(19)17-11-3-2-6-18(8-11)14(20)12-7-10(16)4-5-13(12)15/h4-5,7,11H,2-3,6,8H2,1H3,(H,17,19). The molecule has 1 aliphatic heterocycles. The lowest BCUT2D eigenvalue weighted by Gasteiger charge is -2.33. The van der Waals surface area contributed by atoms with E-state index in [9.17, 15) is 14.0 Å². The summed E-state index contributed by atoms with van der Waals surface area (Å²) in [6, 6.07) is 4.03. The zero-order valence-electron chi connectivity index (χ0n) is 11.2. The van der Waals surface area contributed by atoms with Crippen LogP contribution in [0.5, 0.6) is 0 Å². The highest BCUT2D eigenvalue weighted by Gasteiger charge is 2.26. The molecule has 1 aromatic rings. The maximum absolute atomic E-state index is 13.3. The van der Waals surface area contributed by atoms with Crippen molar-refractivity contribution in [2.75, 3.05) is 13.1 Å². The van der Waals surface area contributed by atoms with Crippen molar-refractivity contribution in [3.63, 3.8) is 0 Å². The van der Waals surface area contributed by atoms with Crippen molar-refractivity contribution in [2.24, 2.45) is 0 Å². The van der Waals surface area contributed by atoms with E-state index < -0.39 is 5.82 Å². The van der Waals surface area contributed by atoms with Crippen molar-refractivity contribution in [1.29, 1.82) is 0 Å². The molecule has 1 saturated heterocycles. The minimum absolute atomic E-state index is 0.0301. The Morgan fingerprint density at radius 2 is 2.20 bits per heavy atom. The van der Waals surface area contributed by atoms with Crippen LogP contribution in [0.4, 0.5) is 4.39 Å². The normalized spacial score (nSPS) is 18.8. The van der Waals surface area contributed by atoms with Gasteiger partial charge >= 0.3 is 0 Å². The van der Waals surface area contributed by atoms with Crippen LogP contribution in [0.3, 0.4) is 0 Å². The van der Waals surface area contributed by atoms with Crippen LogP contribution in [-0.2, 0) is 4.79 Å². The second kappa shape index (κ2) is 6.35. The number of carbonyl (C=O) groups excluding carboxylic acids is 2. The number of hydrogen-bond donors (Lipinski definition) is 1. The Morgan fingerprint density at radius 1 is 1.45 bits per heavy atom. The van der Waals surface area contributed by atoms with E-state index in [-0.39, 0.29) is 17.9 Å². The molecule has 1 fully saturated rings. The maximum Gasteiger partial charge on any atom is 0.255 e. The third kappa shape index (κ3) is 3.56. The number of rotatable bonds is 2. The Bertz CT molecular complexity index is 536. The molecular weight excluding hydrogens is 327 g/mol. The zero-order chi connectivity index (χ0) is 14.7. The smallest absolute Gasteiger partial charge is 0.255 e.